The van der Waals surface area contributed by atoms with E-state index < -0.39 is 0 Å². The fourth-order valence-corrected chi connectivity index (χ4v) is 1.72. The highest BCUT2D eigenvalue weighted by molar-refractivity contribution is 5.96. The lowest BCUT2D eigenvalue weighted by Crippen LogP contribution is -2.10. The largest absolute Gasteiger partial charge is 0.491 e. The van der Waals surface area contributed by atoms with Gasteiger partial charge >= 0.3 is 0 Å². The van der Waals surface area contributed by atoms with Crippen LogP contribution in [-0.4, -0.2) is 17.8 Å². The van der Waals surface area contributed by atoms with E-state index >= 15 is 0 Å². The van der Waals surface area contributed by atoms with Gasteiger partial charge in [-0.25, -0.2) is 0 Å². The SMILES string of the molecule is CC(C)Oc1ccc(C(=O)CCCCC(N)=O)cc1. The molecule has 0 aliphatic heterocycles. The molecule has 0 bridgehead atoms. The molecule has 4 nitrogen and oxygen atoms in total. The molecule has 1 aromatic rings. The summed E-state index contributed by atoms with van der Waals surface area (Å²) in [5.41, 5.74) is 5.72. The Labute approximate surface area is 113 Å². The molecule has 0 aliphatic rings. The number of carbonyl (C=O) groups is 2. The number of Topliss-reactive ketones (excluding diaryl/α,β-unsaturated/α-hetero) is 1. The van der Waals surface area contributed by atoms with E-state index in [9.17, 15) is 9.59 Å². The second-order valence-electron chi connectivity index (χ2n) is 4.79. The van der Waals surface area contributed by atoms with Crippen molar-refractivity contribution in [3.63, 3.8) is 0 Å². The third-order valence-corrected chi connectivity index (χ3v) is 2.63. The summed E-state index contributed by atoms with van der Waals surface area (Å²) in [6.07, 6.45) is 2.25. The van der Waals surface area contributed by atoms with E-state index in [1.165, 1.54) is 0 Å². The minimum atomic E-state index is -0.317. The monoisotopic (exact) mass is 263 g/mol. The van der Waals surface area contributed by atoms with Gasteiger partial charge in [0.15, 0.2) is 5.78 Å². The number of amides is 1. The van der Waals surface area contributed by atoms with E-state index in [1.54, 1.807) is 24.3 Å². The number of ketones is 1. The molecule has 0 fully saturated rings. The summed E-state index contributed by atoms with van der Waals surface area (Å²) in [7, 11) is 0. The lowest BCUT2D eigenvalue weighted by molar-refractivity contribution is -0.118. The van der Waals surface area contributed by atoms with Crippen LogP contribution in [0.15, 0.2) is 24.3 Å². The quantitative estimate of drug-likeness (QED) is 0.579. The fraction of sp³-hybridized carbons (Fsp3) is 0.467. The molecule has 4 heteroatoms. The normalized spacial score (nSPS) is 10.5. The Kier molecular flexibility index (Phi) is 6.06. The maximum absolute atomic E-state index is 11.9. The standard InChI is InChI=1S/C15H21NO3/c1-11(2)19-13-9-7-12(8-10-13)14(17)5-3-4-6-15(16)18/h7-11H,3-6H2,1-2H3,(H2,16,18). The van der Waals surface area contributed by atoms with E-state index in [0.717, 1.165) is 5.75 Å². The molecule has 104 valence electrons. The van der Waals surface area contributed by atoms with Crippen molar-refractivity contribution in [1.82, 2.24) is 0 Å². The van der Waals surface area contributed by atoms with Crippen molar-refractivity contribution in [2.24, 2.45) is 5.73 Å². The first-order valence-corrected chi connectivity index (χ1v) is 6.57. The average Bonchev–Trinajstić information content (AvgIpc) is 2.34. The second kappa shape index (κ2) is 7.56. The zero-order valence-corrected chi connectivity index (χ0v) is 11.5. The van der Waals surface area contributed by atoms with Crippen LogP contribution >= 0.6 is 0 Å². The molecule has 0 unspecified atom stereocenters. The predicted octanol–water partition coefficient (Wildman–Crippen LogP) is 2.70. The molecule has 0 radical (unpaired) electrons. The van der Waals surface area contributed by atoms with Crippen molar-refractivity contribution in [3.05, 3.63) is 29.8 Å². The van der Waals surface area contributed by atoms with Crippen LogP contribution in [0.25, 0.3) is 0 Å². The Morgan fingerprint density at radius 1 is 1.11 bits per heavy atom. The van der Waals surface area contributed by atoms with Crippen LogP contribution in [0.2, 0.25) is 0 Å². The van der Waals surface area contributed by atoms with E-state index in [0.29, 0.717) is 31.2 Å². The van der Waals surface area contributed by atoms with E-state index in [2.05, 4.69) is 0 Å². The molecule has 0 aromatic heterocycles. The Balaban J connectivity index is 2.42. The Morgan fingerprint density at radius 2 is 1.68 bits per heavy atom. The molecule has 0 saturated heterocycles. The molecule has 1 amide bonds. The summed E-state index contributed by atoms with van der Waals surface area (Å²) in [5, 5.41) is 0. The Hall–Kier alpha value is -1.84. The van der Waals surface area contributed by atoms with Gasteiger partial charge < -0.3 is 10.5 Å². The molecule has 0 aliphatic carbocycles. The number of carbonyl (C=O) groups excluding carboxylic acids is 2. The van der Waals surface area contributed by atoms with Gasteiger partial charge in [-0.1, -0.05) is 0 Å². The zero-order valence-electron chi connectivity index (χ0n) is 11.5. The number of hydrogen-bond acceptors (Lipinski definition) is 3. The number of nitrogens with two attached hydrogens (primary N) is 1. The summed E-state index contributed by atoms with van der Waals surface area (Å²) < 4.78 is 5.51. The van der Waals surface area contributed by atoms with Crippen molar-refractivity contribution in [1.29, 1.82) is 0 Å². The lowest BCUT2D eigenvalue weighted by atomic mass is 10.0. The van der Waals surface area contributed by atoms with Crippen molar-refractivity contribution >= 4 is 11.7 Å². The van der Waals surface area contributed by atoms with E-state index in [1.807, 2.05) is 13.8 Å². The van der Waals surface area contributed by atoms with Crippen molar-refractivity contribution < 1.29 is 14.3 Å². The molecule has 19 heavy (non-hydrogen) atoms. The van der Waals surface area contributed by atoms with Gasteiger partial charge in [-0.05, 0) is 51.0 Å². The topological polar surface area (TPSA) is 69.4 Å². The number of ether oxygens (including phenoxy) is 1. The number of unbranched alkanes of at least 4 members (excludes halogenated alkanes) is 1. The van der Waals surface area contributed by atoms with Crippen LogP contribution in [0.3, 0.4) is 0 Å². The second-order valence-corrected chi connectivity index (χ2v) is 4.79. The van der Waals surface area contributed by atoms with Gasteiger partial charge in [0.05, 0.1) is 6.10 Å². The maximum atomic E-state index is 11.9. The average molecular weight is 263 g/mol. The first kappa shape index (κ1) is 15.2. The van der Waals surface area contributed by atoms with Gasteiger partial charge in [0, 0.05) is 18.4 Å². The molecule has 1 rings (SSSR count). The molecular weight excluding hydrogens is 242 g/mol. The van der Waals surface area contributed by atoms with Gasteiger partial charge in [0.25, 0.3) is 0 Å². The third-order valence-electron chi connectivity index (χ3n) is 2.63. The first-order chi connectivity index (χ1) is 8.99. The van der Waals surface area contributed by atoms with Gasteiger partial charge in [-0.3, -0.25) is 9.59 Å². The summed E-state index contributed by atoms with van der Waals surface area (Å²) in [6, 6.07) is 7.15. The maximum Gasteiger partial charge on any atom is 0.217 e. The Bertz CT molecular complexity index is 424. The number of rotatable bonds is 8. The third kappa shape index (κ3) is 6.04. The van der Waals surface area contributed by atoms with Crippen LogP contribution in [0, 0.1) is 0 Å². The van der Waals surface area contributed by atoms with E-state index in [4.69, 9.17) is 10.5 Å². The van der Waals surface area contributed by atoms with Crippen LogP contribution in [0.5, 0.6) is 5.75 Å². The zero-order chi connectivity index (χ0) is 14.3. The fourth-order valence-electron chi connectivity index (χ4n) is 1.72. The Morgan fingerprint density at radius 3 is 2.21 bits per heavy atom. The molecule has 0 heterocycles. The van der Waals surface area contributed by atoms with Crippen molar-refractivity contribution in [3.8, 4) is 5.75 Å². The summed E-state index contributed by atoms with van der Waals surface area (Å²) >= 11 is 0. The highest BCUT2D eigenvalue weighted by Crippen LogP contribution is 2.15. The number of primary amides is 1. The van der Waals surface area contributed by atoms with Crippen LogP contribution in [0.4, 0.5) is 0 Å². The molecule has 0 spiro atoms. The van der Waals surface area contributed by atoms with Crippen molar-refractivity contribution in [2.45, 2.75) is 45.6 Å². The van der Waals surface area contributed by atoms with Crippen LogP contribution in [0.1, 0.15) is 49.9 Å². The smallest absolute Gasteiger partial charge is 0.217 e. The molecule has 1 aromatic carbocycles. The van der Waals surface area contributed by atoms with Gasteiger partial charge in [0.2, 0.25) is 5.91 Å². The summed E-state index contributed by atoms with van der Waals surface area (Å²) in [4.78, 5) is 22.4. The van der Waals surface area contributed by atoms with Crippen LogP contribution < -0.4 is 10.5 Å². The highest BCUT2D eigenvalue weighted by atomic mass is 16.5. The number of benzene rings is 1. The lowest BCUT2D eigenvalue weighted by Gasteiger charge is -2.09. The molecule has 0 saturated carbocycles. The van der Waals surface area contributed by atoms with Gasteiger partial charge in [-0.2, -0.15) is 0 Å². The van der Waals surface area contributed by atoms with Crippen LogP contribution in [-0.2, 0) is 4.79 Å². The summed E-state index contributed by atoms with van der Waals surface area (Å²) in [5.74, 6) is 0.531. The molecule has 2 N–H and O–H groups in total. The minimum absolute atomic E-state index is 0.0839. The highest BCUT2D eigenvalue weighted by Gasteiger charge is 2.06. The predicted molar refractivity (Wildman–Crippen MR) is 74.2 cm³/mol. The van der Waals surface area contributed by atoms with Gasteiger partial charge in [-0.15, -0.1) is 0 Å². The number of hydrogen-bond donors (Lipinski definition) is 1. The molecule has 0 atom stereocenters. The molecular formula is C15H21NO3. The minimum Gasteiger partial charge on any atom is -0.491 e. The van der Waals surface area contributed by atoms with E-state index in [-0.39, 0.29) is 17.8 Å². The van der Waals surface area contributed by atoms with Gasteiger partial charge in [0.1, 0.15) is 5.75 Å². The van der Waals surface area contributed by atoms with Crippen molar-refractivity contribution in [2.75, 3.05) is 0 Å². The summed E-state index contributed by atoms with van der Waals surface area (Å²) in [6.45, 7) is 3.91. The first-order valence-electron chi connectivity index (χ1n) is 6.57.